The number of epoxide rings is 1. The Bertz CT molecular complexity index is 1670. The monoisotopic (exact) mass is 775 g/mol. The van der Waals surface area contributed by atoms with E-state index in [-0.39, 0.29) is 35.6 Å². The van der Waals surface area contributed by atoms with E-state index in [0.717, 1.165) is 11.1 Å². The van der Waals surface area contributed by atoms with Crippen LogP contribution < -0.4 is 15.0 Å². The van der Waals surface area contributed by atoms with Gasteiger partial charge in [-0.1, -0.05) is 70.0 Å². The fourth-order valence-electron chi connectivity index (χ4n) is 7.17. The van der Waals surface area contributed by atoms with Gasteiger partial charge in [-0.3, -0.25) is 14.9 Å². The molecule has 2 fully saturated rings. The molecule has 4 bridgehead atoms. The van der Waals surface area contributed by atoms with Crippen molar-refractivity contribution in [3.8, 4) is 5.75 Å². The maximum atomic E-state index is 14.2. The molecule has 1 aromatic carbocycles. The van der Waals surface area contributed by atoms with Gasteiger partial charge in [0.1, 0.15) is 40.7 Å². The van der Waals surface area contributed by atoms with Crippen molar-refractivity contribution in [3.05, 3.63) is 46.5 Å². The first-order chi connectivity index (χ1) is 25.0. The molecule has 0 aromatic heterocycles. The van der Waals surface area contributed by atoms with Gasteiger partial charge in [0, 0.05) is 39.5 Å². The molecule has 0 spiro atoms. The number of benzene rings is 1. The number of nitrogens with zero attached hydrogens (tertiary/aromatic N) is 2. The molecule has 3 amide bonds. The molecule has 3 aliphatic rings. The number of carbonyl (C=O) groups excluding carboxylic acids is 4. The second-order valence-electron chi connectivity index (χ2n) is 16.8. The SMILES string of the molecule is COc1cc2cc(c1Cl)N(C)C(=O)CC(OC(=O)C(C)N(C)C(=O)CCC(C)(C)C)C1(C)OC1C(C)(C)C1CC(O)(NC(=O)O1)C(OC)/C=C/C=C(\C)C2. The number of alkyl carbamates (subject to hydrolysis) is 1. The molecule has 0 saturated carbocycles. The molecule has 300 valence electrons. The maximum Gasteiger partial charge on any atom is 0.409 e. The Hall–Kier alpha value is -3.65. The summed E-state index contributed by atoms with van der Waals surface area (Å²) in [7, 11) is 6.07. The van der Waals surface area contributed by atoms with Crippen LogP contribution in [0.3, 0.4) is 0 Å². The van der Waals surface area contributed by atoms with Crippen LogP contribution in [0.25, 0.3) is 0 Å². The third-order valence-electron chi connectivity index (χ3n) is 11.0. The van der Waals surface area contributed by atoms with Crippen molar-refractivity contribution < 1.29 is 48.0 Å². The van der Waals surface area contributed by atoms with Crippen LogP contribution >= 0.6 is 11.6 Å². The van der Waals surface area contributed by atoms with Gasteiger partial charge in [-0.15, -0.1) is 0 Å². The number of likely N-dealkylation sites (N-methyl/N-ethyl adjacent to an activating group) is 1. The van der Waals surface area contributed by atoms with Gasteiger partial charge < -0.3 is 38.6 Å². The number of anilines is 1. The maximum absolute atomic E-state index is 14.2. The van der Waals surface area contributed by atoms with Crippen molar-refractivity contribution in [3.63, 3.8) is 0 Å². The Morgan fingerprint density at radius 2 is 1.85 bits per heavy atom. The van der Waals surface area contributed by atoms with E-state index in [1.807, 2.05) is 47.6 Å². The highest BCUT2D eigenvalue weighted by atomic mass is 35.5. The molecule has 4 rings (SSSR count). The quantitative estimate of drug-likeness (QED) is 0.259. The summed E-state index contributed by atoms with van der Waals surface area (Å²) in [6, 6.07) is 2.63. The predicted octanol–water partition coefficient (Wildman–Crippen LogP) is 5.73. The lowest BCUT2D eigenvalue weighted by Crippen LogP contribution is -2.65. The number of allylic oxidation sites excluding steroid dienone is 3. The van der Waals surface area contributed by atoms with E-state index < -0.39 is 65.2 Å². The number of fused-ring (bicyclic) bond motifs is 5. The zero-order chi connectivity index (χ0) is 40.6. The van der Waals surface area contributed by atoms with E-state index in [2.05, 4.69) is 5.32 Å². The first-order valence-electron chi connectivity index (χ1n) is 18.3. The van der Waals surface area contributed by atoms with Gasteiger partial charge in [0.25, 0.3) is 0 Å². The molecule has 54 heavy (non-hydrogen) atoms. The first-order valence-corrected chi connectivity index (χ1v) is 18.7. The molecule has 7 unspecified atom stereocenters. The summed E-state index contributed by atoms with van der Waals surface area (Å²) in [4.78, 5) is 56.9. The number of hydrogen-bond acceptors (Lipinski definition) is 10. The number of rotatable bonds is 7. The third kappa shape index (κ3) is 9.41. The molecular weight excluding hydrogens is 718 g/mol. The Morgan fingerprint density at radius 3 is 2.46 bits per heavy atom. The molecule has 2 N–H and O–H groups in total. The summed E-state index contributed by atoms with van der Waals surface area (Å²) < 4.78 is 29.5. The number of hydrogen-bond donors (Lipinski definition) is 2. The fraction of sp³-hybridized carbons (Fsp3) is 0.650. The molecule has 0 radical (unpaired) electrons. The second kappa shape index (κ2) is 16.2. The Balaban J connectivity index is 1.78. The highest BCUT2D eigenvalue weighted by molar-refractivity contribution is 6.35. The second-order valence-corrected chi connectivity index (χ2v) is 17.2. The molecule has 0 aliphatic carbocycles. The molecule has 7 atom stereocenters. The molecule has 3 heterocycles. The van der Waals surface area contributed by atoms with Crippen molar-refractivity contribution in [2.75, 3.05) is 33.2 Å². The number of amides is 3. The summed E-state index contributed by atoms with van der Waals surface area (Å²) in [6.45, 7) is 15.0. The van der Waals surface area contributed by atoms with Gasteiger partial charge >= 0.3 is 12.1 Å². The molecule has 1 aromatic rings. The van der Waals surface area contributed by atoms with E-state index in [9.17, 15) is 24.3 Å². The number of methoxy groups -OCH3 is 2. The highest BCUT2D eigenvalue weighted by Gasteiger charge is 2.68. The van der Waals surface area contributed by atoms with Crippen LogP contribution in [-0.2, 0) is 39.8 Å². The normalized spacial score (nSPS) is 30.8. The molecule has 13 nitrogen and oxygen atoms in total. The van der Waals surface area contributed by atoms with Crippen molar-refractivity contribution in [1.29, 1.82) is 0 Å². The number of ether oxygens (including phenoxy) is 5. The summed E-state index contributed by atoms with van der Waals surface area (Å²) >= 11 is 6.78. The average molecular weight is 776 g/mol. The smallest absolute Gasteiger partial charge is 0.409 e. The average Bonchev–Trinajstić information content (AvgIpc) is 3.80. The molecule has 2 saturated heterocycles. The van der Waals surface area contributed by atoms with Crippen LogP contribution in [0, 0.1) is 10.8 Å². The lowest BCUT2D eigenvalue weighted by atomic mass is 9.73. The number of nitrogens with one attached hydrogen (secondary N) is 1. The minimum absolute atomic E-state index is 0.0675. The Labute approximate surface area is 324 Å². The standard InChI is InChI=1S/C40H58ClN3O10/c1-23-14-13-15-28(51-12)40(49)22-30(53-36(48)42-40)38(6,7)35-39(8,54-35)29(52-34(47)24(2)43(9)31(45)16-17-37(3,4)5)21-32(46)44(10)26-19-25(18-23)20-27(50-11)33(26)41/h13-15,19-20,24,28-30,35,49H,16-18,21-22H2,1-12H3,(H,42,48)/b15-13+,23-14+. The molecule has 14 heteroatoms. The fourth-order valence-corrected chi connectivity index (χ4v) is 7.48. The lowest BCUT2D eigenvalue weighted by Gasteiger charge is -2.45. The van der Waals surface area contributed by atoms with Crippen molar-refractivity contribution >= 4 is 41.2 Å². The van der Waals surface area contributed by atoms with Crippen molar-refractivity contribution in [2.24, 2.45) is 10.8 Å². The van der Waals surface area contributed by atoms with E-state index in [1.165, 1.54) is 24.0 Å². The van der Waals surface area contributed by atoms with Gasteiger partial charge in [0.05, 0.1) is 25.3 Å². The first kappa shape index (κ1) is 43.1. The number of carbonyl (C=O) groups is 4. The molecular formula is C40H58ClN3O10. The van der Waals surface area contributed by atoms with Gasteiger partial charge in [0.15, 0.2) is 5.72 Å². The minimum atomic E-state index is -1.85. The Kier molecular flexibility index (Phi) is 12.9. The Morgan fingerprint density at radius 1 is 1.19 bits per heavy atom. The number of aliphatic hydroxyl groups is 1. The predicted molar refractivity (Wildman–Crippen MR) is 204 cm³/mol. The van der Waals surface area contributed by atoms with Crippen LogP contribution in [0.2, 0.25) is 5.02 Å². The van der Waals surface area contributed by atoms with Gasteiger partial charge in [0.2, 0.25) is 11.8 Å². The highest BCUT2D eigenvalue weighted by Crippen LogP contribution is 2.54. The van der Waals surface area contributed by atoms with E-state index in [4.69, 9.17) is 35.3 Å². The lowest BCUT2D eigenvalue weighted by molar-refractivity contribution is -0.162. The summed E-state index contributed by atoms with van der Waals surface area (Å²) in [5, 5.41) is 14.6. The van der Waals surface area contributed by atoms with Crippen molar-refractivity contribution in [2.45, 2.75) is 129 Å². The van der Waals surface area contributed by atoms with Gasteiger partial charge in [-0.05, 0) is 56.7 Å². The minimum Gasteiger partial charge on any atom is -0.495 e. The summed E-state index contributed by atoms with van der Waals surface area (Å²) in [6.07, 6.45) is 1.70. The van der Waals surface area contributed by atoms with Crippen LogP contribution in [0.1, 0.15) is 86.6 Å². The number of halogens is 1. The number of esters is 1. The zero-order valence-corrected chi connectivity index (χ0v) is 34.5. The van der Waals surface area contributed by atoms with E-state index >= 15 is 0 Å². The van der Waals surface area contributed by atoms with E-state index in [0.29, 0.717) is 24.3 Å². The topological polar surface area (TPSA) is 156 Å². The van der Waals surface area contributed by atoms with Crippen LogP contribution in [0.5, 0.6) is 5.75 Å². The zero-order valence-electron chi connectivity index (χ0n) is 33.7. The molecule has 3 aliphatic heterocycles. The largest absolute Gasteiger partial charge is 0.495 e. The van der Waals surface area contributed by atoms with Gasteiger partial charge in [-0.25, -0.2) is 9.59 Å². The van der Waals surface area contributed by atoms with Gasteiger partial charge in [-0.2, -0.15) is 0 Å². The summed E-state index contributed by atoms with van der Waals surface area (Å²) in [5.74, 6) is -0.979. The van der Waals surface area contributed by atoms with Crippen LogP contribution in [0.4, 0.5) is 10.5 Å². The van der Waals surface area contributed by atoms with Crippen LogP contribution in [0.15, 0.2) is 35.9 Å². The third-order valence-corrected chi connectivity index (χ3v) is 11.4. The van der Waals surface area contributed by atoms with E-state index in [1.54, 1.807) is 52.2 Å². The van der Waals surface area contributed by atoms with Crippen molar-refractivity contribution in [1.82, 2.24) is 10.2 Å². The van der Waals surface area contributed by atoms with Crippen LogP contribution in [-0.4, -0.2) is 104 Å². The summed E-state index contributed by atoms with van der Waals surface area (Å²) in [5.41, 5.74) is -2.00.